The number of nitrogens with two attached hydrogens (primary N) is 1. The number of hydrogen-bond acceptors (Lipinski definition) is 7. The predicted octanol–water partition coefficient (Wildman–Crippen LogP) is 4.00. The third-order valence-electron chi connectivity index (χ3n) is 11.9. The number of rotatable bonds is 13. The number of primary amides is 1. The van der Waals surface area contributed by atoms with Crippen LogP contribution in [0.15, 0.2) is 30.3 Å². The molecule has 51 heavy (non-hydrogen) atoms. The van der Waals surface area contributed by atoms with Crippen molar-refractivity contribution in [1.29, 1.82) is 0 Å². The number of fused-ring (bicyclic) bond motifs is 1. The quantitative estimate of drug-likeness (QED) is 0.177. The van der Waals surface area contributed by atoms with Gasteiger partial charge in [-0.2, -0.15) is 0 Å². The fourth-order valence-corrected chi connectivity index (χ4v) is 8.66. The summed E-state index contributed by atoms with van der Waals surface area (Å²) >= 11 is 0. The van der Waals surface area contributed by atoms with Crippen LogP contribution in [0.4, 0.5) is 4.79 Å². The number of nitrogens with zero attached hydrogens (tertiary/aromatic N) is 1. The molecule has 0 bridgehead atoms. The molecule has 12 nitrogen and oxygen atoms in total. The summed E-state index contributed by atoms with van der Waals surface area (Å²) < 4.78 is 5.68. The van der Waals surface area contributed by atoms with Gasteiger partial charge in [-0.25, -0.2) is 9.59 Å². The standard InChI is InChI=1S/C39H57N5O7/c1-38(2,3)32(43-37(50)42-29(25-17-10-7-11-18-25)36(49)51-22-24-13-8-6-9-14-24)35(48)44-21-27-26(20-39(27,4)5)30(44)34(47)41-28(31(45)33(40)46)19-23-15-12-16-23/h6,8-9,13-14,23,25-30,32H,7,10-12,15-22H2,1-5H3,(H2,40,46)(H,41,47)(H2,42,43,50)/t26-,27-,28?,29-,30-,32+/m0/s1. The number of hydrogen-bond donors (Lipinski definition) is 4. The SMILES string of the molecule is CC(C)(C)[C@H](NC(=O)N[C@H](C(=O)OCc1ccccc1)C1CCCCC1)C(=O)N1C[C@H]2[C@H](CC2(C)C)[C@H]1C(=O)NC(CC1CCC1)C(=O)C(N)=O. The van der Waals surface area contributed by atoms with E-state index in [0.29, 0.717) is 19.4 Å². The van der Waals surface area contributed by atoms with Gasteiger partial charge in [-0.15, -0.1) is 0 Å². The molecule has 0 aromatic heterocycles. The predicted molar refractivity (Wildman–Crippen MR) is 190 cm³/mol. The average molecular weight is 708 g/mol. The number of Topliss-reactive ketones (excluding diaryl/α,β-unsaturated/α-hetero) is 1. The molecule has 1 heterocycles. The van der Waals surface area contributed by atoms with Crippen LogP contribution in [0, 0.1) is 34.5 Å². The maximum atomic E-state index is 14.6. The molecule has 5 rings (SSSR count). The highest BCUT2D eigenvalue weighted by atomic mass is 16.5. The topological polar surface area (TPSA) is 177 Å². The number of esters is 1. The summed E-state index contributed by atoms with van der Waals surface area (Å²) in [7, 11) is 0. The van der Waals surface area contributed by atoms with Crippen molar-refractivity contribution in [3.63, 3.8) is 0 Å². The molecule has 5 N–H and O–H groups in total. The van der Waals surface area contributed by atoms with Crippen LogP contribution >= 0.6 is 0 Å². The maximum Gasteiger partial charge on any atom is 0.329 e. The molecule has 1 aromatic rings. The zero-order valence-corrected chi connectivity index (χ0v) is 30.9. The lowest BCUT2D eigenvalue weighted by atomic mass is 9.55. The molecular weight excluding hydrogens is 650 g/mol. The van der Waals surface area contributed by atoms with Crippen LogP contribution in [0.1, 0.15) is 104 Å². The molecule has 1 unspecified atom stereocenters. The highest BCUT2D eigenvalue weighted by molar-refractivity contribution is 6.37. The highest BCUT2D eigenvalue weighted by Gasteiger charge is 2.61. The molecule has 0 spiro atoms. The van der Waals surface area contributed by atoms with Gasteiger partial charge < -0.3 is 31.3 Å². The Hall–Kier alpha value is -3.96. The second-order valence-corrected chi connectivity index (χ2v) is 17.1. The van der Waals surface area contributed by atoms with Crippen LogP contribution in [-0.4, -0.2) is 71.1 Å². The molecule has 280 valence electrons. The minimum atomic E-state index is -1.10. The van der Waals surface area contributed by atoms with Crippen molar-refractivity contribution in [2.24, 2.45) is 40.2 Å². The molecule has 4 fully saturated rings. The number of carbonyl (C=O) groups is 6. The summed E-state index contributed by atoms with van der Waals surface area (Å²) in [5, 5.41) is 8.57. The molecule has 1 aromatic carbocycles. The number of carbonyl (C=O) groups excluding carboxylic acids is 6. The first-order chi connectivity index (χ1) is 24.1. The van der Waals surface area contributed by atoms with Gasteiger partial charge in [0.15, 0.2) is 0 Å². The Kier molecular flexibility index (Phi) is 11.8. The zero-order chi connectivity index (χ0) is 37.1. The number of likely N-dealkylation sites (tertiary alicyclic amines) is 1. The molecule has 3 saturated carbocycles. The fourth-order valence-electron chi connectivity index (χ4n) is 8.66. The van der Waals surface area contributed by atoms with Crippen molar-refractivity contribution < 1.29 is 33.5 Å². The van der Waals surface area contributed by atoms with Crippen molar-refractivity contribution >= 4 is 35.5 Å². The summed E-state index contributed by atoms with van der Waals surface area (Å²) in [6.45, 7) is 10.1. The van der Waals surface area contributed by atoms with E-state index in [0.717, 1.165) is 56.9 Å². The normalized spacial score (nSPS) is 24.8. The molecule has 1 saturated heterocycles. The molecule has 0 radical (unpaired) electrons. The van der Waals surface area contributed by atoms with Gasteiger partial charge in [-0.3, -0.25) is 19.2 Å². The van der Waals surface area contributed by atoms with E-state index in [1.54, 1.807) is 4.90 Å². The number of ketones is 1. The zero-order valence-electron chi connectivity index (χ0n) is 30.9. The molecule has 5 amide bonds. The van der Waals surface area contributed by atoms with Crippen molar-refractivity contribution in [3.8, 4) is 0 Å². The Morgan fingerprint density at radius 2 is 1.59 bits per heavy atom. The Morgan fingerprint density at radius 1 is 0.922 bits per heavy atom. The summed E-state index contributed by atoms with van der Waals surface area (Å²) in [4.78, 5) is 82.2. The van der Waals surface area contributed by atoms with E-state index in [4.69, 9.17) is 10.5 Å². The van der Waals surface area contributed by atoms with Gasteiger partial charge in [0.2, 0.25) is 17.6 Å². The smallest absolute Gasteiger partial charge is 0.329 e. The molecular formula is C39H57N5O7. The summed E-state index contributed by atoms with van der Waals surface area (Å²) in [5.74, 6) is -3.33. The Morgan fingerprint density at radius 3 is 2.16 bits per heavy atom. The average Bonchev–Trinajstić information content (AvgIpc) is 3.40. The summed E-state index contributed by atoms with van der Waals surface area (Å²) in [6.07, 6.45) is 8.41. The minimum Gasteiger partial charge on any atom is -0.459 e. The van der Waals surface area contributed by atoms with E-state index in [1.807, 2.05) is 51.1 Å². The second-order valence-electron chi connectivity index (χ2n) is 17.1. The number of amides is 5. The van der Waals surface area contributed by atoms with E-state index in [1.165, 1.54) is 0 Å². The van der Waals surface area contributed by atoms with Crippen LogP contribution in [0.2, 0.25) is 0 Å². The highest BCUT2D eigenvalue weighted by Crippen LogP contribution is 2.57. The van der Waals surface area contributed by atoms with E-state index in [9.17, 15) is 28.8 Å². The molecule has 12 heteroatoms. The van der Waals surface area contributed by atoms with Crippen LogP contribution in [0.5, 0.6) is 0 Å². The van der Waals surface area contributed by atoms with Crippen LogP contribution in [0.25, 0.3) is 0 Å². The lowest BCUT2D eigenvalue weighted by molar-refractivity contribution is -0.149. The van der Waals surface area contributed by atoms with Gasteiger partial charge in [0.05, 0.1) is 6.04 Å². The van der Waals surface area contributed by atoms with Gasteiger partial charge in [-0.05, 0) is 65.7 Å². The Balaban J connectivity index is 1.33. The first-order valence-electron chi connectivity index (χ1n) is 18.8. The van der Waals surface area contributed by atoms with Crippen LogP contribution in [-0.2, 0) is 35.3 Å². The number of urea groups is 1. The van der Waals surface area contributed by atoms with Gasteiger partial charge in [-0.1, -0.05) is 103 Å². The monoisotopic (exact) mass is 707 g/mol. The van der Waals surface area contributed by atoms with Gasteiger partial charge >= 0.3 is 12.0 Å². The van der Waals surface area contributed by atoms with Gasteiger partial charge in [0.25, 0.3) is 5.91 Å². The second kappa shape index (κ2) is 15.7. The van der Waals surface area contributed by atoms with Crippen LogP contribution < -0.4 is 21.7 Å². The first kappa shape index (κ1) is 38.3. The van der Waals surface area contributed by atoms with E-state index in [2.05, 4.69) is 29.8 Å². The van der Waals surface area contributed by atoms with E-state index in [-0.39, 0.29) is 35.7 Å². The number of nitrogens with one attached hydrogen (secondary N) is 3. The van der Waals surface area contributed by atoms with Crippen molar-refractivity contribution in [1.82, 2.24) is 20.9 Å². The molecule has 6 atom stereocenters. The molecule has 3 aliphatic carbocycles. The first-order valence-corrected chi connectivity index (χ1v) is 18.8. The molecule has 4 aliphatic rings. The summed E-state index contributed by atoms with van der Waals surface area (Å²) in [5.41, 5.74) is 5.33. The van der Waals surface area contributed by atoms with Gasteiger partial charge in [0, 0.05) is 6.54 Å². The van der Waals surface area contributed by atoms with E-state index >= 15 is 0 Å². The summed E-state index contributed by atoms with van der Waals surface area (Å²) in [6, 6.07) is 4.83. The Bertz CT molecular complexity index is 1460. The van der Waals surface area contributed by atoms with E-state index < -0.39 is 65.1 Å². The lowest BCUT2D eigenvalue weighted by Crippen LogP contribution is -2.62. The van der Waals surface area contributed by atoms with Crippen LogP contribution in [0.3, 0.4) is 0 Å². The third-order valence-corrected chi connectivity index (χ3v) is 11.9. The van der Waals surface area contributed by atoms with Crippen molar-refractivity contribution in [3.05, 3.63) is 35.9 Å². The third kappa shape index (κ3) is 8.92. The number of ether oxygens (including phenoxy) is 1. The Labute approximate surface area is 301 Å². The largest absolute Gasteiger partial charge is 0.459 e. The molecule has 1 aliphatic heterocycles. The minimum absolute atomic E-state index is 0.0404. The van der Waals surface area contributed by atoms with Crippen molar-refractivity contribution in [2.45, 2.75) is 130 Å². The lowest BCUT2D eigenvalue weighted by Gasteiger charge is -2.48. The van der Waals surface area contributed by atoms with Gasteiger partial charge in [0.1, 0.15) is 24.7 Å². The fraction of sp³-hybridized carbons (Fsp3) is 0.692. The maximum absolute atomic E-state index is 14.6. The van der Waals surface area contributed by atoms with Crippen molar-refractivity contribution in [2.75, 3.05) is 6.54 Å². The number of benzene rings is 1.